The SMILES string of the molecule is CC(=O)N1c2ccc(N3CC4CCC3CN4C(=O)OC(C)(C)C)cc2[C@H](N)[C@@H](C)[C@@H]1C. The summed E-state index contributed by atoms with van der Waals surface area (Å²) in [5, 5.41) is 0. The first-order chi connectivity index (χ1) is 14.5. The number of nitrogens with two attached hydrogens (primary N) is 1. The summed E-state index contributed by atoms with van der Waals surface area (Å²) in [5.41, 5.74) is 9.20. The summed E-state index contributed by atoms with van der Waals surface area (Å²) >= 11 is 0. The molecule has 4 aliphatic heterocycles. The van der Waals surface area contributed by atoms with Crippen molar-refractivity contribution in [3.05, 3.63) is 23.8 Å². The van der Waals surface area contributed by atoms with Gasteiger partial charge in [-0.15, -0.1) is 0 Å². The smallest absolute Gasteiger partial charge is 0.410 e. The third-order valence-electron chi connectivity index (χ3n) is 7.19. The van der Waals surface area contributed by atoms with Crippen LogP contribution in [0.5, 0.6) is 0 Å². The van der Waals surface area contributed by atoms with Gasteiger partial charge in [-0.3, -0.25) is 4.79 Å². The lowest BCUT2D eigenvalue weighted by Gasteiger charge is -2.52. The van der Waals surface area contributed by atoms with Crippen LogP contribution < -0.4 is 15.5 Å². The summed E-state index contributed by atoms with van der Waals surface area (Å²) < 4.78 is 5.63. The minimum Gasteiger partial charge on any atom is -0.444 e. The van der Waals surface area contributed by atoms with Crippen LogP contribution in [0.3, 0.4) is 0 Å². The lowest BCUT2D eigenvalue weighted by molar-refractivity contribution is -0.117. The molecular formula is C24H36N4O3. The number of carbonyl (C=O) groups is 2. The molecule has 3 saturated heterocycles. The minimum atomic E-state index is -0.488. The maximum atomic E-state index is 12.7. The van der Waals surface area contributed by atoms with E-state index in [1.807, 2.05) is 36.6 Å². The summed E-state index contributed by atoms with van der Waals surface area (Å²) in [6.45, 7) is 13.0. The van der Waals surface area contributed by atoms with E-state index in [2.05, 4.69) is 30.9 Å². The van der Waals surface area contributed by atoms with Gasteiger partial charge in [0.2, 0.25) is 5.91 Å². The van der Waals surface area contributed by atoms with Crippen molar-refractivity contribution in [2.24, 2.45) is 11.7 Å². The number of rotatable bonds is 1. The summed E-state index contributed by atoms with van der Waals surface area (Å²) in [6.07, 6.45) is 1.84. The zero-order valence-electron chi connectivity index (χ0n) is 19.6. The van der Waals surface area contributed by atoms with Crippen LogP contribution in [0.4, 0.5) is 16.2 Å². The molecule has 31 heavy (non-hydrogen) atoms. The maximum Gasteiger partial charge on any atom is 0.410 e. The van der Waals surface area contributed by atoms with Gasteiger partial charge in [0.15, 0.2) is 0 Å². The predicted octanol–water partition coefficient (Wildman–Crippen LogP) is 3.67. The number of piperazine rings is 1. The Hall–Kier alpha value is -2.28. The molecule has 7 heteroatoms. The number of nitrogens with zero attached hydrogens (tertiary/aromatic N) is 3. The predicted molar refractivity (Wildman–Crippen MR) is 122 cm³/mol. The van der Waals surface area contributed by atoms with E-state index in [1.165, 1.54) is 0 Å². The van der Waals surface area contributed by atoms with Crippen LogP contribution in [-0.2, 0) is 9.53 Å². The quantitative estimate of drug-likeness (QED) is 0.738. The Bertz CT molecular complexity index is 880. The van der Waals surface area contributed by atoms with E-state index in [0.29, 0.717) is 6.54 Å². The first-order valence-corrected chi connectivity index (χ1v) is 11.4. The van der Waals surface area contributed by atoms with Gasteiger partial charge in [0.1, 0.15) is 5.60 Å². The molecule has 7 nitrogen and oxygen atoms in total. The minimum absolute atomic E-state index is 0.0466. The van der Waals surface area contributed by atoms with E-state index < -0.39 is 5.60 Å². The third-order valence-corrected chi connectivity index (χ3v) is 7.19. The molecule has 5 rings (SSSR count). The van der Waals surface area contributed by atoms with Crippen molar-refractivity contribution in [1.29, 1.82) is 0 Å². The van der Waals surface area contributed by atoms with Gasteiger partial charge < -0.3 is 25.2 Å². The Labute approximate surface area is 185 Å². The van der Waals surface area contributed by atoms with Crippen molar-refractivity contribution in [1.82, 2.24) is 4.90 Å². The molecule has 5 atom stereocenters. The van der Waals surface area contributed by atoms with Crippen LogP contribution in [0.25, 0.3) is 0 Å². The van der Waals surface area contributed by atoms with Gasteiger partial charge in [0, 0.05) is 49.5 Å². The molecule has 2 amide bonds. The van der Waals surface area contributed by atoms with E-state index in [-0.39, 0.29) is 42.1 Å². The first kappa shape index (κ1) is 21.9. The lowest BCUT2D eigenvalue weighted by Crippen LogP contribution is -2.64. The van der Waals surface area contributed by atoms with E-state index in [1.54, 1.807) is 6.92 Å². The fourth-order valence-corrected chi connectivity index (χ4v) is 5.39. The second-order valence-electron chi connectivity index (χ2n) is 10.4. The van der Waals surface area contributed by atoms with E-state index in [4.69, 9.17) is 10.5 Å². The van der Waals surface area contributed by atoms with Crippen LogP contribution in [0, 0.1) is 5.92 Å². The molecule has 2 N–H and O–H groups in total. The highest BCUT2D eigenvalue weighted by Gasteiger charge is 2.43. The first-order valence-electron chi connectivity index (χ1n) is 11.4. The van der Waals surface area contributed by atoms with Crippen molar-refractivity contribution in [2.45, 2.75) is 84.2 Å². The number of hydrogen-bond acceptors (Lipinski definition) is 5. The van der Waals surface area contributed by atoms with E-state index in [0.717, 1.165) is 36.3 Å². The Kier molecular flexibility index (Phi) is 5.44. The monoisotopic (exact) mass is 428 g/mol. The Morgan fingerprint density at radius 3 is 2.35 bits per heavy atom. The van der Waals surface area contributed by atoms with Crippen molar-refractivity contribution < 1.29 is 14.3 Å². The maximum absolute atomic E-state index is 12.7. The van der Waals surface area contributed by atoms with Crippen molar-refractivity contribution in [3.8, 4) is 0 Å². The number of anilines is 2. The average Bonchev–Trinajstić information content (AvgIpc) is 2.71. The Balaban J connectivity index is 1.59. The number of fused-ring (bicyclic) bond motifs is 4. The normalized spacial score (nSPS) is 30.3. The highest BCUT2D eigenvalue weighted by Crippen LogP contribution is 2.42. The molecule has 0 aliphatic carbocycles. The second kappa shape index (κ2) is 7.69. The standard InChI is InChI=1S/C24H36N4O3/c1-14-15(2)28(16(3)29)21-10-9-17(11-20(21)22(14)25)26-12-19-8-7-18(26)13-27(19)23(30)31-24(4,5)6/h9-11,14-15,18-19,22H,7-8,12-13,25H2,1-6H3/t14-,15-,18?,19?,22+/m0/s1. The largest absolute Gasteiger partial charge is 0.444 e. The van der Waals surface area contributed by atoms with Crippen LogP contribution >= 0.6 is 0 Å². The molecule has 4 aliphatic rings. The number of hydrogen-bond donors (Lipinski definition) is 1. The number of piperidine rings is 2. The van der Waals surface area contributed by atoms with Crippen LogP contribution in [0.15, 0.2) is 18.2 Å². The van der Waals surface area contributed by atoms with Gasteiger partial charge in [-0.1, -0.05) is 6.92 Å². The molecule has 4 heterocycles. The molecule has 2 bridgehead atoms. The molecule has 1 aromatic carbocycles. The Morgan fingerprint density at radius 1 is 1.10 bits per heavy atom. The third kappa shape index (κ3) is 3.88. The van der Waals surface area contributed by atoms with Gasteiger partial charge in [0.05, 0.1) is 6.04 Å². The van der Waals surface area contributed by atoms with Crippen LogP contribution in [-0.4, -0.2) is 53.7 Å². The second-order valence-corrected chi connectivity index (χ2v) is 10.4. The van der Waals surface area contributed by atoms with Crippen molar-refractivity contribution in [3.63, 3.8) is 0 Å². The number of amides is 2. The van der Waals surface area contributed by atoms with Crippen molar-refractivity contribution in [2.75, 3.05) is 22.9 Å². The topological polar surface area (TPSA) is 79.1 Å². The molecule has 0 saturated carbocycles. The zero-order valence-corrected chi connectivity index (χ0v) is 19.6. The summed E-state index contributed by atoms with van der Waals surface area (Å²) in [4.78, 5) is 31.2. The Morgan fingerprint density at radius 2 is 1.77 bits per heavy atom. The van der Waals surface area contributed by atoms with Gasteiger partial charge in [-0.2, -0.15) is 0 Å². The molecule has 1 aromatic rings. The molecule has 3 fully saturated rings. The molecule has 0 spiro atoms. The summed E-state index contributed by atoms with van der Waals surface area (Å²) in [7, 11) is 0. The van der Waals surface area contributed by atoms with Crippen molar-refractivity contribution >= 4 is 23.4 Å². The molecule has 170 valence electrons. The number of ether oxygens (including phenoxy) is 1. The molecule has 2 unspecified atom stereocenters. The summed E-state index contributed by atoms with van der Waals surface area (Å²) in [5.74, 6) is 0.220. The number of benzene rings is 1. The van der Waals surface area contributed by atoms with Gasteiger partial charge in [0.25, 0.3) is 0 Å². The van der Waals surface area contributed by atoms with Crippen LogP contribution in [0.1, 0.15) is 66.0 Å². The molecule has 0 radical (unpaired) electrons. The van der Waals surface area contributed by atoms with Gasteiger partial charge >= 0.3 is 6.09 Å². The van der Waals surface area contributed by atoms with Gasteiger partial charge in [-0.05, 0) is 70.2 Å². The molecule has 0 aromatic heterocycles. The lowest BCUT2D eigenvalue weighted by atomic mass is 9.83. The van der Waals surface area contributed by atoms with E-state index in [9.17, 15) is 9.59 Å². The molecular weight excluding hydrogens is 392 g/mol. The highest BCUT2D eigenvalue weighted by molar-refractivity contribution is 5.94. The van der Waals surface area contributed by atoms with Gasteiger partial charge in [-0.25, -0.2) is 4.79 Å². The summed E-state index contributed by atoms with van der Waals surface area (Å²) in [6, 6.07) is 6.68. The highest BCUT2D eigenvalue weighted by atomic mass is 16.6. The zero-order chi connectivity index (χ0) is 22.7. The van der Waals surface area contributed by atoms with Crippen LogP contribution in [0.2, 0.25) is 0 Å². The fourth-order valence-electron chi connectivity index (χ4n) is 5.39. The number of carbonyl (C=O) groups excluding carboxylic acids is 2. The average molecular weight is 429 g/mol. The van der Waals surface area contributed by atoms with E-state index >= 15 is 0 Å². The fraction of sp³-hybridized carbons (Fsp3) is 0.667.